The topological polar surface area (TPSA) is 108 Å². The van der Waals surface area contributed by atoms with Crippen LogP contribution in [0.5, 0.6) is 0 Å². The van der Waals surface area contributed by atoms with Crippen molar-refractivity contribution in [3.8, 4) is 0 Å². The lowest BCUT2D eigenvalue weighted by Crippen LogP contribution is -2.40. The van der Waals surface area contributed by atoms with E-state index in [9.17, 15) is 22.0 Å². The first-order valence-corrected chi connectivity index (χ1v) is 15.3. The van der Waals surface area contributed by atoms with Gasteiger partial charge in [-0.25, -0.2) is 22.2 Å². The Morgan fingerprint density at radius 1 is 0.974 bits per heavy atom. The summed E-state index contributed by atoms with van der Waals surface area (Å²) in [5, 5.41) is 2.86. The number of nitrogens with zero attached hydrogens (tertiary/aromatic N) is 4. The summed E-state index contributed by atoms with van der Waals surface area (Å²) < 4.78 is 54.7. The standard InChI is InChI=1S/C27H36F2N6O3S/c1-3-16-39(37,38)33-20-4-5-21(22(18-20)34-12-8-26(6-7-26)9-13-34)24(36)31-23-17-19(2)30-25(32-23)35-14-10-27(28,29)11-15-35/h4-5,17-18,33H,3,6-16H2,1-2H3,(H,30,31,32,36). The number of halogens is 2. The zero-order valence-electron chi connectivity index (χ0n) is 22.5. The van der Waals surface area contributed by atoms with Gasteiger partial charge in [0.2, 0.25) is 16.0 Å². The SMILES string of the molecule is CCCS(=O)(=O)Nc1ccc(C(=O)Nc2cc(C)nc(N3CCC(F)(F)CC3)n2)c(N2CCC3(CC2)CC3)c1. The smallest absolute Gasteiger partial charge is 0.258 e. The molecule has 0 radical (unpaired) electrons. The maximum absolute atomic E-state index is 13.6. The molecule has 1 aliphatic carbocycles. The summed E-state index contributed by atoms with van der Waals surface area (Å²) >= 11 is 0. The van der Waals surface area contributed by atoms with E-state index in [2.05, 4.69) is 24.9 Å². The van der Waals surface area contributed by atoms with E-state index in [0.717, 1.165) is 25.9 Å². The molecule has 1 amide bonds. The van der Waals surface area contributed by atoms with E-state index < -0.39 is 15.9 Å². The molecule has 212 valence electrons. The van der Waals surface area contributed by atoms with Crippen LogP contribution in [0.1, 0.15) is 67.9 Å². The maximum atomic E-state index is 13.6. The third-order valence-corrected chi connectivity index (χ3v) is 9.46. The van der Waals surface area contributed by atoms with Crippen LogP contribution in [0.15, 0.2) is 24.3 Å². The molecule has 2 aliphatic heterocycles. The van der Waals surface area contributed by atoms with Crippen LogP contribution in [0.25, 0.3) is 0 Å². The second kappa shape index (κ2) is 10.5. The molecule has 0 atom stereocenters. The van der Waals surface area contributed by atoms with Gasteiger partial charge in [-0.15, -0.1) is 0 Å². The number of hydrogen-bond donors (Lipinski definition) is 2. The maximum Gasteiger partial charge on any atom is 0.258 e. The molecular weight excluding hydrogens is 526 g/mol. The zero-order valence-corrected chi connectivity index (χ0v) is 23.3. The van der Waals surface area contributed by atoms with E-state index in [-0.39, 0.29) is 43.4 Å². The largest absolute Gasteiger partial charge is 0.371 e. The number of alkyl halides is 2. The molecule has 2 N–H and O–H groups in total. The van der Waals surface area contributed by atoms with E-state index >= 15 is 0 Å². The summed E-state index contributed by atoms with van der Waals surface area (Å²) in [5.41, 5.74) is 2.55. The van der Waals surface area contributed by atoms with Gasteiger partial charge in [0, 0.05) is 50.8 Å². The molecule has 0 bridgehead atoms. The molecule has 2 aromatic rings. The minimum atomic E-state index is -3.49. The monoisotopic (exact) mass is 562 g/mol. The van der Waals surface area contributed by atoms with Crippen LogP contribution < -0.4 is 19.8 Å². The predicted octanol–water partition coefficient (Wildman–Crippen LogP) is 4.80. The van der Waals surface area contributed by atoms with Crippen LogP contribution in [0.2, 0.25) is 0 Å². The van der Waals surface area contributed by atoms with Gasteiger partial charge in [0.25, 0.3) is 11.8 Å². The molecule has 39 heavy (non-hydrogen) atoms. The highest BCUT2D eigenvalue weighted by Gasteiger charge is 2.44. The minimum Gasteiger partial charge on any atom is -0.371 e. The first kappa shape index (κ1) is 27.5. The quantitative estimate of drug-likeness (QED) is 0.476. The highest BCUT2D eigenvalue weighted by Crippen LogP contribution is 2.54. The van der Waals surface area contributed by atoms with E-state index in [1.54, 1.807) is 43.0 Å². The van der Waals surface area contributed by atoms with Gasteiger partial charge in [-0.3, -0.25) is 9.52 Å². The van der Waals surface area contributed by atoms with Crippen molar-refractivity contribution in [2.45, 2.75) is 64.7 Å². The molecule has 3 fully saturated rings. The average Bonchev–Trinajstić information content (AvgIpc) is 3.62. The number of piperidine rings is 2. The Bertz CT molecular complexity index is 1330. The summed E-state index contributed by atoms with van der Waals surface area (Å²) in [6.45, 7) is 5.44. The van der Waals surface area contributed by atoms with Crippen LogP contribution in [0, 0.1) is 12.3 Å². The summed E-state index contributed by atoms with van der Waals surface area (Å²) in [7, 11) is -3.49. The number of amides is 1. The fourth-order valence-corrected chi connectivity index (χ4v) is 6.55. The third-order valence-electron chi connectivity index (χ3n) is 7.97. The van der Waals surface area contributed by atoms with Crippen molar-refractivity contribution in [3.05, 3.63) is 35.5 Å². The van der Waals surface area contributed by atoms with Crippen molar-refractivity contribution >= 4 is 39.1 Å². The Morgan fingerprint density at radius 2 is 1.64 bits per heavy atom. The number of hydrogen-bond acceptors (Lipinski definition) is 7. The van der Waals surface area contributed by atoms with Crippen molar-refractivity contribution in [1.29, 1.82) is 0 Å². The first-order valence-electron chi connectivity index (χ1n) is 13.7. The van der Waals surface area contributed by atoms with Gasteiger partial charge in [-0.1, -0.05) is 6.92 Å². The molecule has 1 saturated carbocycles. The Balaban J connectivity index is 1.39. The molecular formula is C27H36F2N6O3S. The summed E-state index contributed by atoms with van der Waals surface area (Å²) in [6.07, 6.45) is 4.55. The van der Waals surface area contributed by atoms with Crippen molar-refractivity contribution in [1.82, 2.24) is 9.97 Å². The van der Waals surface area contributed by atoms with Crippen LogP contribution in [-0.4, -0.2) is 62.1 Å². The number of rotatable bonds is 8. The van der Waals surface area contributed by atoms with Gasteiger partial charge in [0.1, 0.15) is 5.82 Å². The molecule has 3 aliphatic rings. The second-order valence-electron chi connectivity index (χ2n) is 11.1. The number of sulfonamides is 1. The molecule has 2 saturated heterocycles. The molecule has 9 nitrogen and oxygen atoms in total. The van der Waals surface area contributed by atoms with Crippen molar-refractivity contribution < 1.29 is 22.0 Å². The van der Waals surface area contributed by atoms with E-state index in [1.807, 2.05) is 0 Å². The number of nitrogens with one attached hydrogen (secondary N) is 2. The predicted molar refractivity (Wildman–Crippen MR) is 148 cm³/mol. The Kier molecular flexibility index (Phi) is 7.43. The summed E-state index contributed by atoms with van der Waals surface area (Å²) in [6, 6.07) is 6.61. The minimum absolute atomic E-state index is 0.0147. The molecule has 1 aromatic heterocycles. The molecule has 12 heteroatoms. The average molecular weight is 563 g/mol. The Labute approximate surface area is 228 Å². The lowest BCUT2D eigenvalue weighted by Gasteiger charge is -2.35. The van der Waals surface area contributed by atoms with E-state index in [4.69, 9.17) is 0 Å². The zero-order chi connectivity index (χ0) is 27.8. The number of anilines is 4. The number of aryl methyl sites for hydroxylation is 1. The molecule has 3 heterocycles. The number of aromatic nitrogens is 2. The van der Waals surface area contributed by atoms with E-state index in [0.29, 0.717) is 40.4 Å². The number of carbonyl (C=O) groups is 1. The van der Waals surface area contributed by atoms with Crippen LogP contribution in [-0.2, 0) is 10.0 Å². The second-order valence-corrected chi connectivity index (χ2v) is 13.0. The van der Waals surface area contributed by atoms with Gasteiger partial charge in [0.15, 0.2) is 0 Å². The first-order chi connectivity index (χ1) is 18.5. The lowest BCUT2D eigenvalue weighted by molar-refractivity contribution is -0.0222. The van der Waals surface area contributed by atoms with Gasteiger partial charge in [-0.2, -0.15) is 4.98 Å². The van der Waals surface area contributed by atoms with Crippen molar-refractivity contribution in [2.75, 3.05) is 51.8 Å². The van der Waals surface area contributed by atoms with Crippen molar-refractivity contribution in [3.63, 3.8) is 0 Å². The normalized spacial score (nSPS) is 20.1. The fraction of sp³-hybridized carbons (Fsp3) is 0.593. The Hall–Kier alpha value is -3.02. The van der Waals surface area contributed by atoms with Crippen LogP contribution in [0.3, 0.4) is 0 Å². The molecule has 1 aromatic carbocycles. The van der Waals surface area contributed by atoms with E-state index in [1.165, 1.54) is 12.8 Å². The highest BCUT2D eigenvalue weighted by molar-refractivity contribution is 7.92. The summed E-state index contributed by atoms with van der Waals surface area (Å²) in [4.78, 5) is 26.3. The van der Waals surface area contributed by atoms with Gasteiger partial charge >= 0.3 is 0 Å². The molecule has 1 spiro atoms. The highest BCUT2D eigenvalue weighted by atomic mass is 32.2. The van der Waals surface area contributed by atoms with Crippen molar-refractivity contribution in [2.24, 2.45) is 5.41 Å². The summed E-state index contributed by atoms with van der Waals surface area (Å²) in [5.74, 6) is -2.45. The third kappa shape index (κ3) is 6.59. The van der Waals surface area contributed by atoms with Gasteiger partial charge in [0.05, 0.1) is 22.7 Å². The lowest BCUT2D eigenvalue weighted by atomic mass is 9.93. The van der Waals surface area contributed by atoms with Gasteiger partial charge < -0.3 is 15.1 Å². The van der Waals surface area contributed by atoms with Gasteiger partial charge in [-0.05, 0) is 62.6 Å². The molecule has 0 unspecified atom stereocenters. The fourth-order valence-electron chi connectivity index (χ4n) is 5.42. The number of carbonyl (C=O) groups excluding carboxylic acids is 1. The molecule has 5 rings (SSSR count). The van der Waals surface area contributed by atoms with Crippen LogP contribution in [0.4, 0.5) is 31.9 Å². The Morgan fingerprint density at radius 3 is 2.28 bits per heavy atom. The van der Waals surface area contributed by atoms with Crippen LogP contribution >= 0.6 is 0 Å². The number of benzene rings is 1.